The van der Waals surface area contributed by atoms with Gasteiger partial charge >= 0.3 is 5.97 Å². The molecule has 0 aliphatic heterocycles. The third-order valence-electron chi connectivity index (χ3n) is 3.09. The number of carbonyl (C=O) groups is 2. The van der Waals surface area contributed by atoms with E-state index in [9.17, 15) is 14.7 Å². The molecule has 0 saturated carbocycles. The van der Waals surface area contributed by atoms with Gasteiger partial charge in [-0.1, -0.05) is 29.8 Å². The van der Waals surface area contributed by atoms with Crippen molar-refractivity contribution in [3.05, 3.63) is 68.3 Å². The summed E-state index contributed by atoms with van der Waals surface area (Å²) in [4.78, 5) is 23.5. The van der Waals surface area contributed by atoms with Crippen LogP contribution in [0.25, 0.3) is 0 Å². The molecule has 0 saturated heterocycles. The molecule has 2 N–H and O–H groups in total. The van der Waals surface area contributed by atoms with Gasteiger partial charge in [-0.15, -0.1) is 0 Å². The van der Waals surface area contributed by atoms with Gasteiger partial charge in [0, 0.05) is 20.6 Å². The molecule has 0 heterocycles. The van der Waals surface area contributed by atoms with Crippen molar-refractivity contribution in [2.75, 3.05) is 0 Å². The Hall–Kier alpha value is -1.60. The Morgan fingerprint density at radius 3 is 2.36 bits per heavy atom. The molecular formula is C16H13ClINO3. The minimum Gasteiger partial charge on any atom is -0.480 e. The van der Waals surface area contributed by atoms with Gasteiger partial charge in [-0.3, -0.25) is 4.79 Å². The van der Waals surface area contributed by atoms with Gasteiger partial charge in [0.25, 0.3) is 5.91 Å². The fourth-order valence-corrected chi connectivity index (χ4v) is 2.66. The Balaban J connectivity index is 2.12. The molecule has 1 atom stereocenters. The number of hydrogen-bond acceptors (Lipinski definition) is 2. The molecule has 2 aromatic rings. The van der Waals surface area contributed by atoms with Crippen molar-refractivity contribution in [3.8, 4) is 0 Å². The van der Waals surface area contributed by atoms with Crippen LogP contribution in [0.5, 0.6) is 0 Å². The zero-order chi connectivity index (χ0) is 16.1. The van der Waals surface area contributed by atoms with E-state index in [1.807, 2.05) is 24.3 Å². The first-order valence-corrected chi connectivity index (χ1v) is 7.95. The van der Waals surface area contributed by atoms with Gasteiger partial charge in [-0.05, 0) is 58.5 Å². The molecule has 0 aliphatic carbocycles. The molecule has 4 nitrogen and oxygen atoms in total. The van der Waals surface area contributed by atoms with E-state index in [-0.39, 0.29) is 6.42 Å². The number of carboxylic acid groups (broad SMARTS) is 1. The molecule has 2 rings (SSSR count). The number of amides is 1. The number of carboxylic acids is 1. The summed E-state index contributed by atoms with van der Waals surface area (Å²) in [6.45, 7) is 0. The lowest BCUT2D eigenvalue weighted by molar-refractivity contribution is -0.139. The lowest BCUT2D eigenvalue weighted by Crippen LogP contribution is -2.42. The van der Waals surface area contributed by atoms with Crippen molar-refractivity contribution in [2.24, 2.45) is 0 Å². The third-order valence-corrected chi connectivity index (χ3v) is 4.40. The Kier molecular flexibility index (Phi) is 5.79. The number of benzene rings is 2. The average molecular weight is 430 g/mol. The molecule has 0 fully saturated rings. The van der Waals surface area contributed by atoms with Crippen molar-refractivity contribution in [1.29, 1.82) is 0 Å². The van der Waals surface area contributed by atoms with Crippen LogP contribution in [0.4, 0.5) is 0 Å². The van der Waals surface area contributed by atoms with Crippen LogP contribution >= 0.6 is 34.2 Å². The second-order valence-corrected chi connectivity index (χ2v) is 6.27. The van der Waals surface area contributed by atoms with E-state index in [1.165, 1.54) is 0 Å². The molecule has 0 bridgehead atoms. The Labute approximate surface area is 146 Å². The van der Waals surface area contributed by atoms with E-state index < -0.39 is 17.9 Å². The summed E-state index contributed by atoms with van der Waals surface area (Å²) in [5.41, 5.74) is 1.25. The highest BCUT2D eigenvalue weighted by Crippen LogP contribution is 2.14. The molecule has 0 unspecified atom stereocenters. The van der Waals surface area contributed by atoms with E-state index >= 15 is 0 Å². The maximum Gasteiger partial charge on any atom is 0.326 e. The Morgan fingerprint density at radius 1 is 1.14 bits per heavy atom. The number of carbonyl (C=O) groups excluding carboxylic acids is 1. The van der Waals surface area contributed by atoms with Gasteiger partial charge in [-0.25, -0.2) is 4.79 Å². The van der Waals surface area contributed by atoms with Crippen LogP contribution in [0.3, 0.4) is 0 Å². The zero-order valence-corrected chi connectivity index (χ0v) is 14.3. The van der Waals surface area contributed by atoms with E-state index in [0.717, 1.165) is 9.13 Å². The number of nitrogens with one attached hydrogen (secondary N) is 1. The highest BCUT2D eigenvalue weighted by Gasteiger charge is 2.21. The maximum atomic E-state index is 12.1. The number of halogens is 2. The summed E-state index contributed by atoms with van der Waals surface area (Å²) >= 11 is 7.92. The highest BCUT2D eigenvalue weighted by molar-refractivity contribution is 14.1. The first kappa shape index (κ1) is 16.8. The summed E-state index contributed by atoms with van der Waals surface area (Å²) in [5.74, 6) is -1.50. The van der Waals surface area contributed by atoms with E-state index in [2.05, 4.69) is 27.9 Å². The van der Waals surface area contributed by atoms with Crippen LogP contribution in [0, 0.1) is 3.57 Å². The van der Waals surface area contributed by atoms with Crippen LogP contribution in [-0.2, 0) is 11.2 Å². The van der Waals surface area contributed by atoms with Gasteiger partial charge in [0.1, 0.15) is 6.04 Å². The second-order valence-electron chi connectivity index (χ2n) is 4.67. The molecule has 2 aromatic carbocycles. The third kappa shape index (κ3) is 4.45. The average Bonchev–Trinajstić information content (AvgIpc) is 2.49. The highest BCUT2D eigenvalue weighted by atomic mass is 127. The number of hydrogen-bond donors (Lipinski definition) is 2. The fraction of sp³-hybridized carbons (Fsp3) is 0.125. The molecule has 6 heteroatoms. The maximum absolute atomic E-state index is 12.1. The molecule has 0 aromatic heterocycles. The second kappa shape index (κ2) is 7.60. The molecule has 114 valence electrons. The molecule has 0 spiro atoms. The fourth-order valence-electron chi connectivity index (χ4n) is 1.93. The van der Waals surface area contributed by atoms with Crippen molar-refractivity contribution >= 4 is 46.1 Å². The molecule has 1 amide bonds. The predicted molar refractivity (Wildman–Crippen MR) is 93.2 cm³/mol. The van der Waals surface area contributed by atoms with Crippen LogP contribution in [0.2, 0.25) is 5.02 Å². The van der Waals surface area contributed by atoms with Crippen molar-refractivity contribution in [1.82, 2.24) is 5.32 Å². The van der Waals surface area contributed by atoms with Crippen LogP contribution in [0.15, 0.2) is 48.5 Å². The minimum atomic E-state index is -1.07. The van der Waals surface area contributed by atoms with Gasteiger partial charge in [0.2, 0.25) is 0 Å². The van der Waals surface area contributed by atoms with Gasteiger partial charge < -0.3 is 10.4 Å². The predicted octanol–water partition coefficient (Wildman–Crippen LogP) is 3.37. The lowest BCUT2D eigenvalue weighted by atomic mass is 10.1. The molecular weight excluding hydrogens is 417 g/mol. The smallest absolute Gasteiger partial charge is 0.326 e. The normalized spacial score (nSPS) is 11.7. The topological polar surface area (TPSA) is 66.4 Å². The first-order valence-electron chi connectivity index (χ1n) is 6.50. The van der Waals surface area contributed by atoms with E-state index in [0.29, 0.717) is 10.6 Å². The summed E-state index contributed by atoms with van der Waals surface area (Å²) in [6, 6.07) is 12.8. The van der Waals surface area contributed by atoms with E-state index in [1.54, 1.807) is 24.3 Å². The van der Waals surface area contributed by atoms with Crippen molar-refractivity contribution in [3.63, 3.8) is 0 Å². The summed E-state index contributed by atoms with van der Waals surface area (Å²) in [6.07, 6.45) is 0.230. The van der Waals surface area contributed by atoms with Crippen molar-refractivity contribution < 1.29 is 14.7 Å². The monoisotopic (exact) mass is 429 g/mol. The standard InChI is InChI=1S/C16H13ClINO3/c17-12-7-5-10(6-8-12)15(20)19-14(16(21)22)9-11-3-1-2-4-13(11)18/h1-8,14H,9H2,(H,19,20)(H,21,22)/t14-/m0/s1. The lowest BCUT2D eigenvalue weighted by Gasteiger charge is -2.15. The first-order chi connectivity index (χ1) is 10.5. The van der Waals surface area contributed by atoms with Gasteiger partial charge in [0.15, 0.2) is 0 Å². The summed E-state index contributed by atoms with van der Waals surface area (Å²) in [7, 11) is 0. The summed E-state index contributed by atoms with van der Waals surface area (Å²) < 4.78 is 0.965. The number of aliphatic carboxylic acids is 1. The van der Waals surface area contributed by atoms with Gasteiger partial charge in [-0.2, -0.15) is 0 Å². The van der Waals surface area contributed by atoms with Crippen LogP contribution < -0.4 is 5.32 Å². The van der Waals surface area contributed by atoms with Crippen LogP contribution in [-0.4, -0.2) is 23.0 Å². The Bertz CT molecular complexity index is 688. The quantitative estimate of drug-likeness (QED) is 0.716. The number of rotatable bonds is 5. The van der Waals surface area contributed by atoms with E-state index in [4.69, 9.17) is 11.6 Å². The Morgan fingerprint density at radius 2 is 1.77 bits per heavy atom. The molecule has 0 aliphatic rings. The minimum absolute atomic E-state index is 0.230. The molecule has 22 heavy (non-hydrogen) atoms. The van der Waals surface area contributed by atoms with Crippen LogP contribution in [0.1, 0.15) is 15.9 Å². The summed E-state index contributed by atoms with van der Waals surface area (Å²) in [5, 5.41) is 12.4. The largest absolute Gasteiger partial charge is 0.480 e. The SMILES string of the molecule is O=C(N[C@@H](Cc1ccccc1I)C(=O)O)c1ccc(Cl)cc1. The zero-order valence-electron chi connectivity index (χ0n) is 11.4. The molecule has 0 radical (unpaired) electrons. The van der Waals surface area contributed by atoms with Gasteiger partial charge in [0.05, 0.1) is 0 Å². The van der Waals surface area contributed by atoms with Crippen molar-refractivity contribution in [2.45, 2.75) is 12.5 Å².